The molecule has 5 heterocycles. The molecule has 0 radical (unpaired) electrons. The Bertz CT molecular complexity index is 3650. The first-order chi connectivity index (χ1) is 50.1. The second-order valence-corrected chi connectivity index (χ2v) is 28.0. The second kappa shape index (κ2) is 44.1. The molecule has 9 amide bonds. The van der Waals surface area contributed by atoms with Gasteiger partial charge in [0.1, 0.15) is 41.2 Å². The van der Waals surface area contributed by atoms with Crippen LogP contribution in [0, 0.1) is 64.6 Å². The number of amides is 9. The first-order valence-corrected chi connectivity index (χ1v) is 36.3. The molecule has 5 aromatic carbocycles. The van der Waals surface area contributed by atoms with Crippen molar-refractivity contribution in [1.82, 2.24) is 25.3 Å². The van der Waals surface area contributed by atoms with Crippen molar-refractivity contribution in [3.05, 3.63) is 146 Å². The molecule has 5 aromatic rings. The van der Waals surface area contributed by atoms with Gasteiger partial charge in [-0.25, -0.2) is 31.5 Å². The van der Waals surface area contributed by atoms with Crippen LogP contribution in [0.5, 0.6) is 0 Å². The highest BCUT2D eigenvalue weighted by atomic mass is 35.5. The Labute approximate surface area is 628 Å². The number of likely N-dealkylation sites (tertiary alicyclic amines) is 3. The summed E-state index contributed by atoms with van der Waals surface area (Å²) in [5.74, 6) is -3.86. The summed E-state index contributed by atoms with van der Waals surface area (Å²) in [6.07, 6.45) is 7.04. The predicted molar refractivity (Wildman–Crippen MR) is 397 cm³/mol. The van der Waals surface area contributed by atoms with Gasteiger partial charge in [0.05, 0.1) is 76.0 Å². The number of rotatable bonds is 16. The smallest absolute Gasteiger partial charge is 0.317 e. The van der Waals surface area contributed by atoms with E-state index in [1.54, 1.807) is 40.1 Å². The van der Waals surface area contributed by atoms with E-state index in [4.69, 9.17) is 67.3 Å². The summed E-state index contributed by atoms with van der Waals surface area (Å²) in [6, 6.07) is 22.0. The Morgan fingerprint density at radius 3 is 1.25 bits per heavy atom. The van der Waals surface area contributed by atoms with Crippen LogP contribution in [0.3, 0.4) is 0 Å². The summed E-state index contributed by atoms with van der Waals surface area (Å²) in [4.78, 5) is 94.5. The van der Waals surface area contributed by atoms with Crippen LogP contribution in [0.4, 0.5) is 60.0 Å². The maximum Gasteiger partial charge on any atom is 0.317 e. The SMILES string of the molecule is CC(C)CN=C(N)N1CCCC(C(=O)Nc2ccc(Cl)c(F)c2)C1.CCCNC(=O)N1CC([NH3+])CC(C(=O)Nc2cccc(F)c2)C1.NCCNC(=O)N1CC([NH3+])CC(C(=O)Nc2ccc(Cl)c(F)c2)C1.O=C(Nc1ccc(Cl)c(F)c1)C1CCCOC1.O=C(Nc1ccc(Cl)c(F)c1)C1CCCOC1. The Balaban J connectivity index is 0.000000207. The third kappa shape index (κ3) is 29.6. The molecule has 5 saturated heterocycles. The topological polar surface area (TPSA) is 352 Å². The van der Waals surface area contributed by atoms with Crippen LogP contribution in [-0.2, 0) is 33.4 Å². The van der Waals surface area contributed by atoms with Gasteiger partial charge in [-0.15, -0.1) is 0 Å². The standard InChI is InChI=1S/C17H24ClFN4O.C16H23FN4O2.C15H21ClFN5O2.2C12H13ClFNO2/c1-11(2)9-21-17(20)23-7-3-4-12(10-23)16(24)22-13-5-6-14(18)15(19)8-13;1-2-6-19-16(23)21-9-11(7-13(18)10-21)15(22)20-14-5-3-4-12(17)8-14;16-12-2-1-11(6-13(12)17)21-14(23)9-5-10(19)8-22(7-9)15(24)20-4-3-18;2*13-10-4-3-9(6-11(10)14)15-12(16)8-2-1-5-17-7-8/h5-6,8,11-12H,3-4,7,9-10H2,1-2H3,(H2,20,21)(H,22,24);3-5,8,11,13H,2,6-7,9-10,18H2,1H3,(H,19,23)(H,20,22);1-2,6,9-10H,3-5,7-8,18-19H2,(H,20,24)(H,21,23);2*3-4,6,8H,1-2,5,7H2,(H,15,16)/p+2. The van der Waals surface area contributed by atoms with Crippen molar-refractivity contribution >= 4 is 122 Å². The molecule has 0 aliphatic carbocycles. The predicted octanol–water partition coefficient (Wildman–Crippen LogP) is 9.62. The van der Waals surface area contributed by atoms with Gasteiger partial charge in [0.2, 0.25) is 29.5 Å². The lowest BCUT2D eigenvalue weighted by Crippen LogP contribution is -2.70. The van der Waals surface area contributed by atoms with Gasteiger partial charge in [-0.2, -0.15) is 0 Å². The van der Waals surface area contributed by atoms with Gasteiger partial charge in [-0.1, -0.05) is 73.2 Å². The van der Waals surface area contributed by atoms with Gasteiger partial charge in [0.25, 0.3) is 0 Å². The first-order valence-electron chi connectivity index (χ1n) is 34.8. The number of nitrogens with one attached hydrogen (secondary N) is 7. The third-order valence-electron chi connectivity index (χ3n) is 17.0. The van der Waals surface area contributed by atoms with Crippen LogP contribution in [0.1, 0.15) is 78.6 Å². The van der Waals surface area contributed by atoms with E-state index >= 15 is 0 Å². The number of urea groups is 2. The number of halogens is 9. The minimum absolute atomic E-state index is 0.000569. The van der Waals surface area contributed by atoms with Crippen molar-refractivity contribution in [2.24, 2.45) is 52.0 Å². The highest BCUT2D eigenvalue weighted by Crippen LogP contribution is 2.27. The maximum atomic E-state index is 13.5. The summed E-state index contributed by atoms with van der Waals surface area (Å²) in [6.45, 7) is 13.4. The first kappa shape index (κ1) is 85.8. The Hall–Kier alpha value is -8.13. The molecule has 7 unspecified atom stereocenters. The number of piperidine rings is 3. The number of guanidine groups is 1. The maximum absolute atomic E-state index is 13.5. The Kier molecular flexibility index (Phi) is 36.0. The van der Waals surface area contributed by atoms with E-state index < -0.39 is 35.0 Å². The van der Waals surface area contributed by atoms with E-state index in [9.17, 15) is 55.5 Å². The number of benzene rings is 5. The molecule has 33 heteroatoms. The number of nitrogens with zero attached hydrogens (tertiary/aromatic N) is 4. The van der Waals surface area contributed by atoms with E-state index in [0.29, 0.717) is 132 Å². The lowest BCUT2D eigenvalue weighted by atomic mass is 9.94. The van der Waals surface area contributed by atoms with Gasteiger partial charge in [-0.3, -0.25) is 29.0 Å². The summed E-state index contributed by atoms with van der Waals surface area (Å²) in [5, 5.41) is 19.1. The van der Waals surface area contributed by atoms with Gasteiger partial charge < -0.3 is 84.3 Å². The number of hydrogen-bond acceptors (Lipinski definition) is 11. The Morgan fingerprint density at radius 1 is 0.514 bits per heavy atom. The number of carbonyl (C=O) groups excluding carboxylic acids is 7. The van der Waals surface area contributed by atoms with Crippen molar-refractivity contribution in [3.8, 4) is 0 Å². The van der Waals surface area contributed by atoms with Crippen LogP contribution in [0.25, 0.3) is 0 Å². The van der Waals surface area contributed by atoms with Crippen LogP contribution in [-0.4, -0.2) is 166 Å². The van der Waals surface area contributed by atoms with Crippen molar-refractivity contribution in [3.63, 3.8) is 0 Å². The van der Waals surface area contributed by atoms with Crippen molar-refractivity contribution < 1.29 is 76.5 Å². The van der Waals surface area contributed by atoms with E-state index in [1.807, 2.05) is 11.8 Å². The summed E-state index contributed by atoms with van der Waals surface area (Å²) < 4.78 is 76.9. The fraction of sp³-hybridized carbons (Fsp3) is 0.472. The van der Waals surface area contributed by atoms with Crippen molar-refractivity contribution in [2.75, 3.05) is 118 Å². The molecule has 24 nitrogen and oxygen atoms in total. The lowest BCUT2D eigenvalue weighted by Gasteiger charge is -2.33. The normalized spacial score (nSPS) is 20.1. The Morgan fingerprint density at radius 2 is 0.886 bits per heavy atom. The van der Waals surface area contributed by atoms with Crippen molar-refractivity contribution in [1.29, 1.82) is 0 Å². The molecule has 0 bridgehead atoms. The van der Waals surface area contributed by atoms with Crippen LogP contribution >= 0.6 is 46.4 Å². The molecule has 105 heavy (non-hydrogen) atoms. The van der Waals surface area contributed by atoms with Crippen LogP contribution in [0.2, 0.25) is 20.1 Å². The monoisotopic (exact) mass is 1550 g/mol. The van der Waals surface area contributed by atoms with Gasteiger partial charge in [-0.05, 0) is 142 Å². The number of anilines is 5. The number of ether oxygens (including phenoxy) is 2. The largest absolute Gasteiger partial charge is 0.381 e. The molecule has 5 fully saturated rings. The molecule has 0 saturated carbocycles. The fourth-order valence-electron chi connectivity index (χ4n) is 11.5. The minimum atomic E-state index is -0.601. The average molecular weight is 1550 g/mol. The minimum Gasteiger partial charge on any atom is -0.381 e. The van der Waals surface area contributed by atoms with E-state index in [-0.39, 0.29) is 104 Å². The highest BCUT2D eigenvalue weighted by molar-refractivity contribution is 6.31. The van der Waals surface area contributed by atoms with E-state index in [2.05, 4.69) is 67.5 Å². The van der Waals surface area contributed by atoms with E-state index in [0.717, 1.165) is 57.6 Å². The highest BCUT2D eigenvalue weighted by Gasteiger charge is 2.36. The molecule has 17 N–H and O–H groups in total. The fourth-order valence-corrected chi connectivity index (χ4v) is 12.0. The molecule has 5 aliphatic rings. The van der Waals surface area contributed by atoms with Gasteiger partial charge in [0, 0.05) is 107 Å². The molecule has 7 atom stereocenters. The number of aliphatic imine (C=N–C) groups is 1. The third-order valence-corrected chi connectivity index (χ3v) is 18.2. The average Bonchev–Trinajstić information content (AvgIpc) is 0.862. The van der Waals surface area contributed by atoms with Crippen molar-refractivity contribution in [2.45, 2.75) is 90.6 Å². The molecule has 5 aliphatic heterocycles. The molecular formula is C72H96Cl4F5N15O9+2. The molecule has 0 aromatic heterocycles. The zero-order valence-corrected chi connectivity index (χ0v) is 62.1. The number of carbonyl (C=O) groups is 7. The van der Waals surface area contributed by atoms with Gasteiger partial charge >= 0.3 is 12.1 Å². The summed E-state index contributed by atoms with van der Waals surface area (Å²) in [5.41, 5.74) is 21.4. The molecule has 10 rings (SSSR count). The number of hydrogen-bond donors (Lipinski definition) is 11. The molecule has 0 spiro atoms. The second-order valence-electron chi connectivity index (χ2n) is 26.3. The number of nitrogens with two attached hydrogens (primary N) is 2. The van der Waals surface area contributed by atoms with Crippen LogP contribution < -0.4 is 60.2 Å². The zero-order chi connectivity index (χ0) is 76.7. The van der Waals surface area contributed by atoms with Crippen LogP contribution in [0.15, 0.2) is 102 Å². The molecule has 574 valence electrons. The van der Waals surface area contributed by atoms with Gasteiger partial charge in [0.15, 0.2) is 5.96 Å². The zero-order valence-electron chi connectivity index (χ0n) is 59.1. The summed E-state index contributed by atoms with van der Waals surface area (Å²) >= 11 is 22.4. The summed E-state index contributed by atoms with van der Waals surface area (Å²) in [7, 11) is 0. The quantitative estimate of drug-likeness (QED) is 0.0250. The number of quaternary nitrogens is 2. The molecular weight excluding hydrogens is 1460 g/mol. The van der Waals surface area contributed by atoms with E-state index in [1.165, 1.54) is 60.7 Å². The lowest BCUT2D eigenvalue weighted by molar-refractivity contribution is -0.427.